The van der Waals surface area contributed by atoms with Crippen LogP contribution < -0.4 is 10.6 Å². The second-order valence-electron chi connectivity index (χ2n) is 11.4. The van der Waals surface area contributed by atoms with Gasteiger partial charge in [-0.3, -0.25) is 9.59 Å². The summed E-state index contributed by atoms with van der Waals surface area (Å²) in [5.41, 5.74) is 2.71. The maximum absolute atomic E-state index is 14.0. The summed E-state index contributed by atoms with van der Waals surface area (Å²) in [6.07, 6.45) is 3.10. The van der Waals surface area contributed by atoms with Gasteiger partial charge in [0, 0.05) is 12.2 Å². The third-order valence-electron chi connectivity index (χ3n) is 6.49. The number of benzene rings is 3. The first kappa shape index (κ1) is 30.7. The highest BCUT2D eigenvalue weighted by molar-refractivity contribution is 6.00. The van der Waals surface area contributed by atoms with Crippen LogP contribution in [0.5, 0.6) is 0 Å². The molecule has 3 aromatic rings. The fourth-order valence-corrected chi connectivity index (χ4v) is 4.79. The summed E-state index contributed by atoms with van der Waals surface area (Å²) in [6, 6.07) is 18.8. The highest BCUT2D eigenvalue weighted by Crippen LogP contribution is 2.27. The molecule has 40 heavy (non-hydrogen) atoms. The first-order chi connectivity index (χ1) is 19.0. The summed E-state index contributed by atoms with van der Waals surface area (Å²) in [5, 5.41) is 7.72. The average molecular weight is 546 g/mol. The number of amides is 3. The normalized spacial score (nSPS) is 12.1. The molecule has 3 rings (SSSR count). The highest BCUT2D eigenvalue weighted by Gasteiger charge is 2.32. The van der Waals surface area contributed by atoms with Gasteiger partial charge in [-0.1, -0.05) is 85.8 Å². The van der Waals surface area contributed by atoms with E-state index in [1.54, 1.807) is 25.7 Å². The van der Waals surface area contributed by atoms with Gasteiger partial charge in [-0.05, 0) is 69.5 Å². The molecule has 0 aliphatic rings. The van der Waals surface area contributed by atoms with E-state index in [1.165, 1.54) is 0 Å². The number of aryl methyl sites for hydroxylation is 2. The number of rotatable bonds is 11. The number of carbonyl (C=O) groups is 3. The molecule has 1 atom stereocenters. The van der Waals surface area contributed by atoms with Crippen LogP contribution in [-0.4, -0.2) is 41.5 Å². The van der Waals surface area contributed by atoms with Gasteiger partial charge in [-0.15, -0.1) is 0 Å². The van der Waals surface area contributed by atoms with E-state index < -0.39 is 17.7 Å². The summed E-state index contributed by atoms with van der Waals surface area (Å²) < 4.78 is 5.32. The van der Waals surface area contributed by atoms with Crippen molar-refractivity contribution in [2.45, 2.75) is 78.9 Å². The number of nitrogens with zero attached hydrogens (tertiary/aromatic N) is 1. The molecule has 2 N–H and O–H groups in total. The van der Waals surface area contributed by atoms with Gasteiger partial charge in [0.1, 0.15) is 18.2 Å². The van der Waals surface area contributed by atoms with Crippen LogP contribution in [0, 0.1) is 13.8 Å². The predicted molar refractivity (Wildman–Crippen MR) is 161 cm³/mol. The van der Waals surface area contributed by atoms with Crippen molar-refractivity contribution in [3.8, 4) is 0 Å². The van der Waals surface area contributed by atoms with Gasteiger partial charge in [0.15, 0.2) is 0 Å². The minimum absolute atomic E-state index is 0.271. The van der Waals surface area contributed by atoms with Crippen molar-refractivity contribution in [1.29, 1.82) is 0 Å². The van der Waals surface area contributed by atoms with Gasteiger partial charge in [-0.2, -0.15) is 0 Å². The lowest BCUT2D eigenvalue weighted by molar-refractivity contribution is -0.138. The Morgan fingerprint density at radius 3 is 2.20 bits per heavy atom. The van der Waals surface area contributed by atoms with Gasteiger partial charge in [-0.25, -0.2) is 4.79 Å². The Bertz CT molecular complexity index is 1310. The predicted octanol–water partition coefficient (Wildman–Crippen LogP) is 7.07. The first-order valence-electron chi connectivity index (χ1n) is 14.1. The lowest BCUT2D eigenvalue weighted by atomic mass is 9.98. The standard InChI is InChI=1S/C33H43N3O4/c1-7-8-9-12-17-36(29(37)22-34-32(39)40-33(4,5)6)30(27-19-23(2)18-24(3)20-27)31(38)35-28-16-15-25-13-10-11-14-26(25)21-28/h10-11,13-16,18-21,30H,7-9,12,17,22H2,1-6H3,(H,34,39)(H,35,38). The Morgan fingerprint density at radius 2 is 1.55 bits per heavy atom. The molecule has 3 aromatic carbocycles. The van der Waals surface area contributed by atoms with Crippen molar-refractivity contribution in [3.05, 3.63) is 77.4 Å². The number of anilines is 1. The molecule has 0 heterocycles. The zero-order valence-corrected chi connectivity index (χ0v) is 24.7. The van der Waals surface area contributed by atoms with Crippen molar-refractivity contribution < 1.29 is 19.1 Å². The Morgan fingerprint density at radius 1 is 0.875 bits per heavy atom. The third-order valence-corrected chi connectivity index (χ3v) is 6.49. The van der Waals surface area contributed by atoms with Crippen LogP contribution >= 0.6 is 0 Å². The summed E-state index contributed by atoms with van der Waals surface area (Å²) >= 11 is 0. The van der Waals surface area contributed by atoms with Crippen LogP contribution in [0.15, 0.2) is 60.7 Å². The largest absolute Gasteiger partial charge is 0.444 e. The molecule has 0 radical (unpaired) electrons. The Balaban J connectivity index is 1.94. The average Bonchev–Trinajstić information content (AvgIpc) is 2.87. The van der Waals surface area contributed by atoms with Gasteiger partial charge in [0.05, 0.1) is 0 Å². The van der Waals surface area contributed by atoms with Gasteiger partial charge < -0.3 is 20.3 Å². The minimum atomic E-state index is -0.875. The topological polar surface area (TPSA) is 87.7 Å². The number of fused-ring (bicyclic) bond motifs is 1. The van der Waals surface area contributed by atoms with Crippen LogP contribution in [0.2, 0.25) is 0 Å². The lowest BCUT2D eigenvalue weighted by Crippen LogP contribution is -2.47. The van der Waals surface area contributed by atoms with Crippen molar-refractivity contribution in [3.63, 3.8) is 0 Å². The molecule has 0 fully saturated rings. The highest BCUT2D eigenvalue weighted by atomic mass is 16.6. The van der Waals surface area contributed by atoms with Crippen LogP contribution in [0.4, 0.5) is 10.5 Å². The van der Waals surface area contributed by atoms with Gasteiger partial charge in [0.25, 0.3) is 5.91 Å². The zero-order chi connectivity index (χ0) is 29.3. The smallest absolute Gasteiger partial charge is 0.408 e. The molecule has 7 heteroatoms. The quantitative estimate of drug-likeness (QED) is 0.252. The fourth-order valence-electron chi connectivity index (χ4n) is 4.79. The number of hydrogen-bond donors (Lipinski definition) is 2. The fraction of sp³-hybridized carbons (Fsp3) is 0.424. The molecule has 7 nitrogen and oxygen atoms in total. The first-order valence-corrected chi connectivity index (χ1v) is 14.1. The molecule has 1 unspecified atom stereocenters. The summed E-state index contributed by atoms with van der Waals surface area (Å²) in [6.45, 7) is 11.5. The van der Waals surface area contributed by atoms with Crippen molar-refractivity contribution in [2.75, 3.05) is 18.4 Å². The number of alkyl carbamates (subject to hydrolysis) is 1. The number of nitrogens with one attached hydrogen (secondary N) is 2. The van der Waals surface area contributed by atoms with Crippen LogP contribution in [0.1, 0.15) is 76.1 Å². The molecular formula is C33H43N3O4. The third kappa shape index (κ3) is 9.11. The molecule has 0 saturated heterocycles. The molecule has 214 valence electrons. The van der Waals surface area contributed by atoms with Crippen LogP contribution in [0.3, 0.4) is 0 Å². The van der Waals surface area contributed by atoms with Crippen LogP contribution in [-0.2, 0) is 14.3 Å². The van der Waals surface area contributed by atoms with E-state index >= 15 is 0 Å². The van der Waals surface area contributed by atoms with E-state index in [1.807, 2.05) is 74.5 Å². The van der Waals surface area contributed by atoms with E-state index in [9.17, 15) is 14.4 Å². The lowest BCUT2D eigenvalue weighted by Gasteiger charge is -2.32. The molecule has 0 aliphatic carbocycles. The summed E-state index contributed by atoms with van der Waals surface area (Å²) in [7, 11) is 0. The molecular weight excluding hydrogens is 502 g/mol. The summed E-state index contributed by atoms with van der Waals surface area (Å²) in [5.74, 6) is -0.651. The van der Waals surface area contributed by atoms with E-state index in [-0.39, 0.29) is 18.4 Å². The Kier molecular flexibility index (Phi) is 10.7. The van der Waals surface area contributed by atoms with Crippen molar-refractivity contribution >= 4 is 34.4 Å². The molecule has 0 saturated carbocycles. The van der Waals surface area contributed by atoms with Gasteiger partial charge in [0.2, 0.25) is 5.91 Å². The monoisotopic (exact) mass is 545 g/mol. The van der Waals surface area contributed by atoms with Gasteiger partial charge >= 0.3 is 6.09 Å². The molecule has 0 bridgehead atoms. The maximum Gasteiger partial charge on any atom is 0.408 e. The van der Waals surface area contributed by atoms with E-state index in [4.69, 9.17) is 4.74 Å². The molecule has 3 amide bonds. The van der Waals surface area contributed by atoms with E-state index in [0.29, 0.717) is 12.2 Å². The van der Waals surface area contributed by atoms with Crippen molar-refractivity contribution in [1.82, 2.24) is 10.2 Å². The summed E-state index contributed by atoms with van der Waals surface area (Å²) in [4.78, 5) is 41.6. The van der Waals surface area contributed by atoms with E-state index in [0.717, 1.165) is 53.1 Å². The number of hydrogen-bond acceptors (Lipinski definition) is 4. The Labute approximate surface area is 238 Å². The number of unbranched alkanes of at least 4 members (excludes halogenated alkanes) is 3. The minimum Gasteiger partial charge on any atom is -0.444 e. The second kappa shape index (κ2) is 14.0. The number of ether oxygens (including phenoxy) is 1. The van der Waals surface area contributed by atoms with E-state index in [2.05, 4.69) is 17.6 Å². The maximum atomic E-state index is 14.0. The second-order valence-corrected chi connectivity index (χ2v) is 11.4. The van der Waals surface area contributed by atoms with Crippen molar-refractivity contribution in [2.24, 2.45) is 0 Å². The molecule has 0 aliphatic heterocycles. The number of carbonyl (C=O) groups excluding carboxylic acids is 3. The molecule has 0 spiro atoms. The SMILES string of the molecule is CCCCCCN(C(=O)CNC(=O)OC(C)(C)C)C(C(=O)Nc1ccc2ccccc2c1)c1cc(C)cc(C)c1. The zero-order valence-electron chi connectivity index (χ0n) is 24.7. The molecule has 0 aromatic heterocycles. The van der Waals surface area contributed by atoms with Crippen LogP contribution in [0.25, 0.3) is 10.8 Å². The Hall–Kier alpha value is -3.87.